The van der Waals surface area contributed by atoms with Crippen molar-refractivity contribution in [3.63, 3.8) is 0 Å². The van der Waals surface area contributed by atoms with Gasteiger partial charge in [0, 0.05) is 44.7 Å². The molecule has 0 bridgehead atoms. The van der Waals surface area contributed by atoms with E-state index < -0.39 is 0 Å². The Morgan fingerprint density at radius 3 is 2.59 bits per heavy atom. The number of hydrogen-bond acceptors (Lipinski definition) is 3. The van der Waals surface area contributed by atoms with Gasteiger partial charge in [-0.3, -0.25) is 4.99 Å². The standard InChI is InChI=1S/C16H28N4S.HI/c1-4-17-16(19-12-14-21-3)18-11-8-13-20(2)15-9-6-5-7-10-15;/h5-7,9-10H,4,8,11-14H2,1-3H3,(H2,17,18,19);1H. The van der Waals surface area contributed by atoms with Gasteiger partial charge in [-0.2, -0.15) is 11.8 Å². The van der Waals surface area contributed by atoms with E-state index in [4.69, 9.17) is 0 Å². The van der Waals surface area contributed by atoms with Crippen molar-refractivity contribution in [2.45, 2.75) is 13.3 Å². The summed E-state index contributed by atoms with van der Waals surface area (Å²) in [6.07, 6.45) is 3.16. The summed E-state index contributed by atoms with van der Waals surface area (Å²) in [5, 5.41) is 6.62. The molecule has 22 heavy (non-hydrogen) atoms. The number of nitrogens with one attached hydrogen (secondary N) is 2. The van der Waals surface area contributed by atoms with Gasteiger partial charge in [-0.1, -0.05) is 18.2 Å². The molecule has 126 valence electrons. The normalized spacial score (nSPS) is 10.8. The first-order valence-corrected chi connectivity index (χ1v) is 8.94. The summed E-state index contributed by atoms with van der Waals surface area (Å²) in [6.45, 7) is 5.80. The Morgan fingerprint density at radius 1 is 1.23 bits per heavy atom. The van der Waals surface area contributed by atoms with Crippen LogP contribution in [0.2, 0.25) is 0 Å². The van der Waals surface area contributed by atoms with E-state index in [1.807, 2.05) is 17.8 Å². The van der Waals surface area contributed by atoms with Crippen LogP contribution in [0.25, 0.3) is 0 Å². The third-order valence-electron chi connectivity index (χ3n) is 3.06. The lowest BCUT2D eigenvalue weighted by Crippen LogP contribution is -2.38. The Bertz CT molecular complexity index is 400. The number of halogens is 1. The van der Waals surface area contributed by atoms with Crippen LogP contribution in [0.15, 0.2) is 35.3 Å². The quantitative estimate of drug-likeness (QED) is 0.270. The molecule has 0 aliphatic carbocycles. The molecule has 0 fully saturated rings. The maximum atomic E-state index is 4.61. The van der Waals surface area contributed by atoms with Crippen LogP contribution >= 0.6 is 35.7 Å². The number of benzene rings is 1. The Balaban J connectivity index is 0.00000441. The molecule has 6 heteroatoms. The van der Waals surface area contributed by atoms with Gasteiger partial charge in [0.15, 0.2) is 5.96 Å². The van der Waals surface area contributed by atoms with Crippen LogP contribution in [0.1, 0.15) is 13.3 Å². The number of anilines is 1. The zero-order valence-corrected chi connectivity index (χ0v) is 17.0. The predicted octanol–water partition coefficient (Wildman–Crippen LogP) is 3.05. The molecule has 0 unspecified atom stereocenters. The molecule has 1 aromatic rings. The lowest BCUT2D eigenvalue weighted by Gasteiger charge is -2.18. The molecule has 0 saturated heterocycles. The number of guanidine groups is 1. The van der Waals surface area contributed by atoms with E-state index in [2.05, 4.69) is 65.0 Å². The van der Waals surface area contributed by atoms with Gasteiger partial charge in [0.1, 0.15) is 0 Å². The van der Waals surface area contributed by atoms with Gasteiger partial charge in [0.25, 0.3) is 0 Å². The first kappa shape index (κ1) is 21.4. The summed E-state index contributed by atoms with van der Waals surface area (Å²) in [5.41, 5.74) is 1.26. The van der Waals surface area contributed by atoms with Crippen molar-refractivity contribution in [2.24, 2.45) is 4.99 Å². The summed E-state index contributed by atoms with van der Waals surface area (Å²) in [5.74, 6) is 2.02. The van der Waals surface area contributed by atoms with Crippen LogP contribution in [0, 0.1) is 0 Å². The van der Waals surface area contributed by atoms with Crippen molar-refractivity contribution >= 4 is 47.4 Å². The molecule has 0 aliphatic rings. The highest BCUT2D eigenvalue weighted by atomic mass is 127. The molecule has 4 nitrogen and oxygen atoms in total. The molecule has 0 saturated carbocycles. The van der Waals surface area contributed by atoms with Gasteiger partial charge in [-0.05, 0) is 31.7 Å². The monoisotopic (exact) mass is 436 g/mol. The van der Waals surface area contributed by atoms with Crippen molar-refractivity contribution in [3.8, 4) is 0 Å². The van der Waals surface area contributed by atoms with E-state index in [-0.39, 0.29) is 24.0 Å². The van der Waals surface area contributed by atoms with Gasteiger partial charge < -0.3 is 15.5 Å². The SMILES string of the molecule is CCNC(=NCCCN(C)c1ccccc1)NCCSC.I. The summed E-state index contributed by atoms with van der Waals surface area (Å²) >= 11 is 1.84. The Hall–Kier alpha value is -0.630. The summed E-state index contributed by atoms with van der Waals surface area (Å²) in [6, 6.07) is 10.5. The average Bonchev–Trinajstić information content (AvgIpc) is 2.52. The van der Waals surface area contributed by atoms with Crippen LogP contribution in [0.5, 0.6) is 0 Å². The van der Waals surface area contributed by atoms with E-state index in [1.165, 1.54) is 5.69 Å². The van der Waals surface area contributed by atoms with Crippen LogP contribution in [-0.2, 0) is 0 Å². The minimum absolute atomic E-state index is 0. The predicted molar refractivity (Wildman–Crippen MR) is 112 cm³/mol. The molecular weight excluding hydrogens is 407 g/mol. The van der Waals surface area contributed by atoms with Crippen LogP contribution in [-0.4, -0.2) is 51.2 Å². The zero-order valence-electron chi connectivity index (χ0n) is 13.8. The molecule has 0 spiro atoms. The molecule has 0 aromatic heterocycles. The third-order valence-corrected chi connectivity index (χ3v) is 3.67. The average molecular weight is 436 g/mol. The smallest absolute Gasteiger partial charge is 0.191 e. The third kappa shape index (κ3) is 9.40. The number of rotatable bonds is 9. The summed E-state index contributed by atoms with van der Waals surface area (Å²) < 4.78 is 0. The second-order valence-electron chi connectivity index (χ2n) is 4.79. The minimum Gasteiger partial charge on any atom is -0.375 e. The zero-order chi connectivity index (χ0) is 15.3. The largest absolute Gasteiger partial charge is 0.375 e. The molecule has 1 rings (SSSR count). The maximum Gasteiger partial charge on any atom is 0.191 e. The van der Waals surface area contributed by atoms with Gasteiger partial charge in [0.2, 0.25) is 0 Å². The molecule has 0 heterocycles. The molecule has 2 N–H and O–H groups in total. The van der Waals surface area contributed by atoms with E-state index in [0.29, 0.717) is 0 Å². The number of aliphatic imine (C=N–C) groups is 1. The minimum atomic E-state index is 0. The van der Waals surface area contributed by atoms with Gasteiger partial charge in [-0.15, -0.1) is 24.0 Å². The second-order valence-corrected chi connectivity index (χ2v) is 5.78. The molecular formula is C16H29IN4S. The number of thioether (sulfide) groups is 1. The highest BCUT2D eigenvalue weighted by molar-refractivity contribution is 14.0. The Labute approximate surface area is 156 Å². The number of para-hydroxylation sites is 1. The van der Waals surface area contributed by atoms with Crippen molar-refractivity contribution < 1.29 is 0 Å². The summed E-state index contributed by atoms with van der Waals surface area (Å²) in [4.78, 5) is 6.88. The first-order valence-electron chi connectivity index (χ1n) is 7.55. The molecule has 0 aliphatic heterocycles. The van der Waals surface area contributed by atoms with Crippen molar-refractivity contribution in [2.75, 3.05) is 50.1 Å². The fourth-order valence-electron chi connectivity index (χ4n) is 1.92. The molecule has 1 aromatic carbocycles. The fraction of sp³-hybridized carbons (Fsp3) is 0.562. The van der Waals surface area contributed by atoms with Gasteiger partial charge >= 0.3 is 0 Å². The van der Waals surface area contributed by atoms with E-state index in [0.717, 1.165) is 44.3 Å². The molecule has 0 amide bonds. The highest BCUT2D eigenvalue weighted by Crippen LogP contribution is 2.10. The maximum absolute atomic E-state index is 4.61. The fourth-order valence-corrected chi connectivity index (χ4v) is 2.23. The van der Waals surface area contributed by atoms with Crippen LogP contribution in [0.3, 0.4) is 0 Å². The van der Waals surface area contributed by atoms with Crippen LogP contribution < -0.4 is 15.5 Å². The highest BCUT2D eigenvalue weighted by Gasteiger charge is 1.99. The van der Waals surface area contributed by atoms with Crippen molar-refractivity contribution in [1.82, 2.24) is 10.6 Å². The van der Waals surface area contributed by atoms with E-state index in [1.54, 1.807) is 0 Å². The van der Waals surface area contributed by atoms with E-state index in [9.17, 15) is 0 Å². The van der Waals surface area contributed by atoms with Gasteiger partial charge in [0.05, 0.1) is 0 Å². The topological polar surface area (TPSA) is 39.7 Å². The van der Waals surface area contributed by atoms with Gasteiger partial charge in [-0.25, -0.2) is 0 Å². The number of hydrogen-bond donors (Lipinski definition) is 2. The van der Waals surface area contributed by atoms with Crippen LogP contribution in [0.4, 0.5) is 5.69 Å². The lowest BCUT2D eigenvalue weighted by molar-refractivity contribution is 0.776. The lowest BCUT2D eigenvalue weighted by atomic mass is 10.3. The number of nitrogens with zero attached hydrogens (tertiary/aromatic N) is 2. The van der Waals surface area contributed by atoms with Crippen molar-refractivity contribution in [1.29, 1.82) is 0 Å². The van der Waals surface area contributed by atoms with Crippen molar-refractivity contribution in [3.05, 3.63) is 30.3 Å². The summed E-state index contributed by atoms with van der Waals surface area (Å²) in [7, 11) is 2.13. The first-order chi connectivity index (χ1) is 10.3. The second kappa shape index (κ2) is 14.0. The van der Waals surface area contributed by atoms with E-state index >= 15 is 0 Å². The Kier molecular flexibility index (Phi) is 13.6. The molecule has 0 atom stereocenters. The molecule has 0 radical (unpaired) electrons. The Morgan fingerprint density at radius 2 is 1.95 bits per heavy atom.